The van der Waals surface area contributed by atoms with Crippen molar-refractivity contribution in [1.82, 2.24) is 9.97 Å². The van der Waals surface area contributed by atoms with Gasteiger partial charge in [-0.3, -0.25) is 0 Å². The van der Waals surface area contributed by atoms with Gasteiger partial charge in [-0.25, -0.2) is 9.78 Å². The first kappa shape index (κ1) is 18.7. The molecule has 0 saturated carbocycles. The maximum Gasteiger partial charge on any atom is 0.341 e. The van der Waals surface area contributed by atoms with Crippen LogP contribution in [0.3, 0.4) is 0 Å². The minimum Gasteiger partial charge on any atom is -0.503 e. The minimum atomic E-state index is -0.594. The number of hydrogen-bond acceptors (Lipinski definition) is 7. The molecule has 8 heteroatoms. The number of aromatic nitrogens is 2. The van der Waals surface area contributed by atoms with Gasteiger partial charge in [-0.05, 0) is 6.92 Å². The van der Waals surface area contributed by atoms with Gasteiger partial charge in [0, 0.05) is 38.9 Å². The van der Waals surface area contributed by atoms with Crippen LogP contribution in [0.25, 0.3) is 5.57 Å². The summed E-state index contributed by atoms with van der Waals surface area (Å²) in [5, 5.41) is 3.51. The Labute approximate surface area is 142 Å². The van der Waals surface area contributed by atoms with E-state index in [0.717, 1.165) is 0 Å². The average Bonchev–Trinajstić information content (AvgIpc) is 2.42. The molecule has 0 saturated heterocycles. The van der Waals surface area contributed by atoms with E-state index < -0.39 is 5.97 Å². The number of ether oxygens (including phenoxy) is 2. The van der Waals surface area contributed by atoms with Crippen LogP contribution in [-0.2, 0) is 47.0 Å². The Morgan fingerprint density at radius 3 is 2.70 bits per heavy atom. The molecule has 0 unspecified atom stereocenters. The summed E-state index contributed by atoms with van der Waals surface area (Å²) >= 11 is 0. The van der Waals surface area contributed by atoms with Crippen molar-refractivity contribution in [3.63, 3.8) is 0 Å². The van der Waals surface area contributed by atoms with Crippen molar-refractivity contribution in [2.24, 2.45) is 5.16 Å². The van der Waals surface area contributed by atoms with Gasteiger partial charge in [0.25, 0.3) is 5.88 Å². The average molecular weight is 353 g/mol. The maximum absolute atomic E-state index is 11.7. The van der Waals surface area contributed by atoms with Gasteiger partial charge in [0.05, 0.1) is 26.0 Å². The summed E-state index contributed by atoms with van der Waals surface area (Å²) in [7, 11) is 2.68. The zero-order valence-corrected chi connectivity index (χ0v) is 14.5. The predicted molar refractivity (Wildman–Crippen MR) is 67.5 cm³/mol. The molecule has 1 aromatic rings. The van der Waals surface area contributed by atoms with Crippen LogP contribution in [0.1, 0.15) is 18.3 Å². The topological polar surface area (TPSA) is 82.9 Å². The molecule has 0 spiro atoms. The second kappa shape index (κ2) is 9.55. The molecule has 1 radical (unpaired) electrons. The van der Waals surface area contributed by atoms with Gasteiger partial charge in [-0.15, -0.1) is 0 Å². The van der Waals surface area contributed by atoms with E-state index in [1.807, 2.05) is 0 Å². The summed E-state index contributed by atoms with van der Waals surface area (Å²) in [6.07, 6.45) is 5.12. The van der Waals surface area contributed by atoms with Gasteiger partial charge in [-0.1, -0.05) is 0 Å². The van der Waals surface area contributed by atoms with Gasteiger partial charge in [0.1, 0.15) is 11.4 Å². The number of aryl methyl sites for hydroxylation is 1. The van der Waals surface area contributed by atoms with E-state index in [9.17, 15) is 4.79 Å². The Kier molecular flexibility index (Phi) is 8.91. The summed E-state index contributed by atoms with van der Waals surface area (Å²) in [6.45, 7) is 3.26. The van der Waals surface area contributed by atoms with E-state index >= 15 is 0 Å². The molecule has 0 bridgehead atoms. The van der Waals surface area contributed by atoms with Crippen LogP contribution in [0.15, 0.2) is 17.6 Å². The molecule has 1 aromatic heterocycles. The molecule has 1 heterocycles. The zero-order valence-electron chi connectivity index (χ0n) is 11.7. The van der Waals surface area contributed by atoms with Gasteiger partial charge >= 0.3 is 5.97 Å². The number of hydrogen-bond donors (Lipinski definition) is 0. The molecule has 0 aromatic carbocycles. The molecular weight excluding hydrogens is 339 g/mol. The van der Waals surface area contributed by atoms with E-state index in [4.69, 9.17) is 9.57 Å². The van der Waals surface area contributed by atoms with Gasteiger partial charge in [0.2, 0.25) is 0 Å². The number of carbonyl (C=O) groups excluding carboxylic acids is 1. The van der Waals surface area contributed by atoms with Crippen molar-refractivity contribution < 1.29 is 51.8 Å². The first-order valence-electron chi connectivity index (χ1n) is 5.33. The van der Waals surface area contributed by atoms with Crippen molar-refractivity contribution >= 4 is 17.8 Å². The molecule has 0 aliphatic carbocycles. The van der Waals surface area contributed by atoms with Gasteiger partial charge in [0.15, 0.2) is 0 Å². The van der Waals surface area contributed by atoms with E-state index in [1.165, 1.54) is 26.7 Å². The number of methoxy groups -OCH3 is 2. The van der Waals surface area contributed by atoms with Crippen LogP contribution in [-0.4, -0.2) is 36.4 Å². The summed E-state index contributed by atoms with van der Waals surface area (Å²) < 4.78 is 9.52. The number of esters is 1. The molecular formula is C12H14N3O4Y-. The smallest absolute Gasteiger partial charge is 0.341 e. The fourth-order valence-corrected chi connectivity index (χ4v) is 1.24. The number of nitrogens with zero attached hydrogens (tertiary/aromatic N) is 3. The molecule has 0 fully saturated rings. The van der Waals surface area contributed by atoms with Crippen LogP contribution < -0.4 is 4.84 Å². The Hall–Kier alpha value is -1.34. The van der Waals surface area contributed by atoms with Crippen LogP contribution in [0.2, 0.25) is 0 Å². The summed E-state index contributed by atoms with van der Waals surface area (Å²) in [6, 6.07) is 0. The standard InChI is InChI=1S/C12H14N3O4.Y/c1-5-14-19-11-9(6-13-8(2)15-11)10(7-17-3)12(16)18-4;/h6-7H,1-4H3;/q-1;/b10-7+;. The molecule has 1 rings (SSSR count). The predicted octanol–water partition coefficient (Wildman–Crippen LogP) is 1.20. The number of rotatable bonds is 5. The minimum absolute atomic E-state index is 0. The second-order valence-electron chi connectivity index (χ2n) is 3.30. The molecule has 20 heavy (non-hydrogen) atoms. The van der Waals surface area contributed by atoms with E-state index in [1.54, 1.807) is 13.8 Å². The third-order valence-electron chi connectivity index (χ3n) is 2.03. The summed E-state index contributed by atoms with van der Waals surface area (Å²) in [5.41, 5.74) is 0.449. The Balaban J connectivity index is 0.00000361. The Morgan fingerprint density at radius 1 is 1.45 bits per heavy atom. The van der Waals surface area contributed by atoms with Crippen molar-refractivity contribution in [3.8, 4) is 5.88 Å². The van der Waals surface area contributed by atoms with Crippen LogP contribution in [0.4, 0.5) is 0 Å². The quantitative estimate of drug-likeness (QED) is 0.198. The molecule has 0 aliphatic rings. The molecule has 0 aliphatic heterocycles. The van der Waals surface area contributed by atoms with Gasteiger partial charge < -0.3 is 25.7 Å². The van der Waals surface area contributed by atoms with Crippen molar-refractivity contribution in [3.05, 3.63) is 23.8 Å². The zero-order chi connectivity index (χ0) is 14.3. The van der Waals surface area contributed by atoms with E-state index in [0.29, 0.717) is 11.4 Å². The molecule has 0 atom stereocenters. The third kappa shape index (κ3) is 4.98. The molecule has 7 nitrogen and oxygen atoms in total. The van der Waals surface area contributed by atoms with Crippen molar-refractivity contribution in [2.45, 2.75) is 13.8 Å². The Morgan fingerprint density at radius 2 is 2.15 bits per heavy atom. The molecule has 0 N–H and O–H groups in total. The fourth-order valence-electron chi connectivity index (χ4n) is 1.24. The van der Waals surface area contributed by atoms with Crippen molar-refractivity contribution in [2.75, 3.05) is 14.2 Å². The Bertz CT molecular complexity index is 517. The first-order valence-corrected chi connectivity index (χ1v) is 5.33. The van der Waals surface area contributed by atoms with Crippen molar-refractivity contribution in [1.29, 1.82) is 0 Å². The molecule has 0 amide bonds. The maximum atomic E-state index is 11.7. The van der Waals surface area contributed by atoms with E-state index in [2.05, 4.69) is 26.1 Å². The van der Waals surface area contributed by atoms with Crippen LogP contribution in [0.5, 0.6) is 5.88 Å². The largest absolute Gasteiger partial charge is 0.503 e. The third-order valence-corrected chi connectivity index (χ3v) is 2.03. The first-order chi connectivity index (χ1) is 9.13. The fraction of sp³-hybridized carbons (Fsp3) is 0.333. The normalized spacial score (nSPS) is 10.9. The number of carbonyl (C=O) groups is 1. The van der Waals surface area contributed by atoms with Gasteiger partial charge in [-0.2, -0.15) is 11.9 Å². The second-order valence-corrected chi connectivity index (χ2v) is 3.30. The van der Waals surface area contributed by atoms with E-state index in [-0.39, 0.29) is 44.2 Å². The van der Waals surface area contributed by atoms with Crippen LogP contribution in [0, 0.1) is 6.92 Å². The monoisotopic (exact) mass is 353 g/mol. The molecule has 105 valence electrons. The summed E-state index contributed by atoms with van der Waals surface area (Å²) in [4.78, 5) is 24.8. The van der Waals surface area contributed by atoms with Crippen LogP contribution >= 0.6 is 0 Å². The SMILES string of the molecule is C[C-]=NOc1nc(C)ncc1/C(=C\OC)C(=O)OC.[Y]. The summed E-state index contributed by atoms with van der Waals surface area (Å²) in [5.74, 6) is 0.00541.